The van der Waals surface area contributed by atoms with Crippen LogP contribution < -0.4 is 10.1 Å². The standard InChI is InChI=1S/C17H14N2O2/c1-21-12-3-2-11(18-9-12)8-19-17(20)14-5-4-13-15-6-10(15)7-16(13)14/h2-5,7,9H,6,8H2,1H3,(H,19,20). The molecule has 1 N–H and O–H groups in total. The lowest BCUT2D eigenvalue weighted by Gasteiger charge is -2.07. The molecular formula is C17H14N2O2. The zero-order valence-corrected chi connectivity index (χ0v) is 11.6. The molecule has 0 saturated heterocycles. The molecule has 3 aliphatic carbocycles. The number of amides is 1. The number of allylic oxidation sites excluding steroid dienone is 6. The highest BCUT2D eigenvalue weighted by Gasteiger charge is 2.35. The molecular weight excluding hydrogens is 264 g/mol. The maximum Gasteiger partial charge on any atom is 0.252 e. The van der Waals surface area contributed by atoms with E-state index in [2.05, 4.69) is 16.4 Å². The maximum absolute atomic E-state index is 12.3. The molecule has 1 saturated carbocycles. The number of methoxy groups -OCH3 is 1. The predicted octanol–water partition coefficient (Wildman–Crippen LogP) is 2.21. The first-order valence-electron chi connectivity index (χ1n) is 6.90. The summed E-state index contributed by atoms with van der Waals surface area (Å²) in [6, 6.07) is 3.69. The molecule has 0 atom stereocenters. The molecule has 1 aromatic heterocycles. The second kappa shape index (κ2) is 4.45. The zero-order chi connectivity index (χ0) is 14.4. The summed E-state index contributed by atoms with van der Waals surface area (Å²) < 4.78 is 5.06. The van der Waals surface area contributed by atoms with Crippen LogP contribution in [0.1, 0.15) is 12.1 Å². The Morgan fingerprint density at radius 2 is 2.24 bits per heavy atom. The van der Waals surface area contributed by atoms with Gasteiger partial charge in [-0.1, -0.05) is 6.08 Å². The SMILES string of the molecule is COc1ccc(CNC(=O)C2=C3C=C4CC4=C3C=C2)nc1. The smallest absolute Gasteiger partial charge is 0.252 e. The van der Waals surface area contributed by atoms with E-state index in [0.717, 1.165) is 23.3 Å². The van der Waals surface area contributed by atoms with Crippen molar-refractivity contribution in [3.8, 4) is 5.75 Å². The van der Waals surface area contributed by atoms with Crippen LogP contribution in [-0.2, 0) is 11.3 Å². The lowest BCUT2D eigenvalue weighted by atomic mass is 10.1. The minimum Gasteiger partial charge on any atom is -0.495 e. The van der Waals surface area contributed by atoms with E-state index in [-0.39, 0.29) is 5.91 Å². The predicted molar refractivity (Wildman–Crippen MR) is 78.5 cm³/mol. The topological polar surface area (TPSA) is 51.2 Å². The third-order valence-corrected chi connectivity index (χ3v) is 3.98. The number of nitrogens with zero attached hydrogens (tertiary/aromatic N) is 1. The number of nitrogens with one attached hydrogen (secondary N) is 1. The number of rotatable bonds is 4. The fraction of sp³-hybridized carbons (Fsp3) is 0.176. The van der Waals surface area contributed by atoms with Crippen molar-refractivity contribution in [2.45, 2.75) is 13.0 Å². The molecule has 1 aromatic rings. The van der Waals surface area contributed by atoms with Crippen molar-refractivity contribution in [2.24, 2.45) is 0 Å². The summed E-state index contributed by atoms with van der Waals surface area (Å²) >= 11 is 0. The van der Waals surface area contributed by atoms with Gasteiger partial charge in [0.25, 0.3) is 5.91 Å². The lowest BCUT2D eigenvalue weighted by molar-refractivity contribution is -0.117. The molecule has 4 nitrogen and oxygen atoms in total. The maximum atomic E-state index is 12.3. The van der Waals surface area contributed by atoms with Crippen LogP contribution in [0.2, 0.25) is 0 Å². The normalized spacial score (nSPS) is 17.7. The molecule has 0 aromatic carbocycles. The van der Waals surface area contributed by atoms with Crippen LogP contribution in [-0.4, -0.2) is 18.0 Å². The van der Waals surface area contributed by atoms with Crippen LogP contribution in [0.15, 0.2) is 64.4 Å². The minimum atomic E-state index is -0.0485. The highest BCUT2D eigenvalue weighted by atomic mass is 16.5. The van der Waals surface area contributed by atoms with Crippen LogP contribution in [0.5, 0.6) is 5.75 Å². The van der Waals surface area contributed by atoms with E-state index in [1.165, 1.54) is 16.7 Å². The minimum absolute atomic E-state index is 0.0485. The van der Waals surface area contributed by atoms with E-state index < -0.39 is 0 Å². The van der Waals surface area contributed by atoms with E-state index in [1.807, 2.05) is 24.3 Å². The van der Waals surface area contributed by atoms with Gasteiger partial charge in [0.2, 0.25) is 0 Å². The zero-order valence-electron chi connectivity index (χ0n) is 11.6. The number of ether oxygens (including phenoxy) is 1. The number of hydrogen-bond acceptors (Lipinski definition) is 3. The fourth-order valence-corrected chi connectivity index (χ4v) is 2.74. The molecule has 21 heavy (non-hydrogen) atoms. The third kappa shape index (κ3) is 2.00. The number of carbonyl (C=O) groups excluding carboxylic acids is 1. The first-order valence-corrected chi connectivity index (χ1v) is 6.90. The van der Waals surface area contributed by atoms with Gasteiger partial charge in [-0.25, -0.2) is 0 Å². The summed E-state index contributed by atoms with van der Waals surface area (Å²) in [6.07, 6.45) is 8.82. The van der Waals surface area contributed by atoms with Gasteiger partial charge in [0.1, 0.15) is 5.75 Å². The molecule has 0 bridgehead atoms. The summed E-state index contributed by atoms with van der Waals surface area (Å²) in [4.78, 5) is 16.5. The summed E-state index contributed by atoms with van der Waals surface area (Å²) in [5.41, 5.74) is 6.66. The van der Waals surface area contributed by atoms with Crippen molar-refractivity contribution in [1.82, 2.24) is 10.3 Å². The number of fused-ring (bicyclic) bond motifs is 2. The second-order valence-electron chi connectivity index (χ2n) is 5.27. The summed E-state index contributed by atoms with van der Waals surface area (Å²) in [5, 5.41) is 2.92. The number of pyridine rings is 1. The van der Waals surface area contributed by atoms with Gasteiger partial charge < -0.3 is 10.1 Å². The Morgan fingerprint density at radius 1 is 1.33 bits per heavy atom. The molecule has 4 heteroatoms. The lowest BCUT2D eigenvalue weighted by Crippen LogP contribution is -2.24. The van der Waals surface area contributed by atoms with Gasteiger partial charge in [-0.3, -0.25) is 9.78 Å². The fourth-order valence-electron chi connectivity index (χ4n) is 2.74. The molecule has 0 radical (unpaired) electrons. The summed E-state index contributed by atoms with van der Waals surface area (Å²) in [5.74, 6) is 0.662. The van der Waals surface area contributed by atoms with Crippen LogP contribution in [0.4, 0.5) is 0 Å². The molecule has 1 fully saturated rings. The highest BCUT2D eigenvalue weighted by Crippen LogP contribution is 2.51. The van der Waals surface area contributed by atoms with Gasteiger partial charge in [0.15, 0.2) is 0 Å². The summed E-state index contributed by atoms with van der Waals surface area (Å²) in [6.45, 7) is 0.413. The van der Waals surface area contributed by atoms with E-state index in [9.17, 15) is 4.79 Å². The molecule has 3 aliphatic rings. The van der Waals surface area contributed by atoms with Gasteiger partial charge >= 0.3 is 0 Å². The van der Waals surface area contributed by atoms with E-state index in [4.69, 9.17) is 4.74 Å². The van der Waals surface area contributed by atoms with Gasteiger partial charge in [-0.05, 0) is 53.0 Å². The van der Waals surface area contributed by atoms with Crippen molar-refractivity contribution < 1.29 is 9.53 Å². The van der Waals surface area contributed by atoms with E-state index in [0.29, 0.717) is 12.3 Å². The number of hydrogen-bond donors (Lipinski definition) is 1. The summed E-state index contributed by atoms with van der Waals surface area (Å²) in [7, 11) is 1.60. The van der Waals surface area contributed by atoms with Crippen molar-refractivity contribution in [1.29, 1.82) is 0 Å². The first kappa shape index (κ1) is 12.1. The monoisotopic (exact) mass is 278 g/mol. The van der Waals surface area contributed by atoms with E-state index in [1.54, 1.807) is 13.3 Å². The molecule has 4 rings (SSSR count). The number of carbonyl (C=O) groups is 1. The number of aromatic nitrogens is 1. The van der Waals surface area contributed by atoms with Crippen molar-refractivity contribution in [3.63, 3.8) is 0 Å². The molecule has 0 aliphatic heterocycles. The Balaban J connectivity index is 1.45. The third-order valence-electron chi connectivity index (χ3n) is 3.98. The second-order valence-corrected chi connectivity index (χ2v) is 5.27. The Hall–Kier alpha value is -2.62. The van der Waals surface area contributed by atoms with E-state index >= 15 is 0 Å². The van der Waals surface area contributed by atoms with Gasteiger partial charge in [-0.2, -0.15) is 0 Å². The Kier molecular flexibility index (Phi) is 2.57. The van der Waals surface area contributed by atoms with Crippen LogP contribution >= 0.6 is 0 Å². The quantitative estimate of drug-likeness (QED) is 0.918. The van der Waals surface area contributed by atoms with Gasteiger partial charge in [-0.15, -0.1) is 0 Å². The van der Waals surface area contributed by atoms with Crippen molar-refractivity contribution in [2.75, 3.05) is 7.11 Å². The Labute approximate surface area is 122 Å². The Bertz CT molecular complexity index is 764. The molecule has 1 amide bonds. The van der Waals surface area contributed by atoms with Crippen LogP contribution in [0.3, 0.4) is 0 Å². The van der Waals surface area contributed by atoms with Gasteiger partial charge in [0.05, 0.1) is 25.5 Å². The first-order chi connectivity index (χ1) is 10.3. The largest absolute Gasteiger partial charge is 0.495 e. The van der Waals surface area contributed by atoms with Crippen molar-refractivity contribution >= 4 is 5.91 Å². The van der Waals surface area contributed by atoms with Crippen LogP contribution in [0, 0.1) is 0 Å². The molecule has 1 heterocycles. The Morgan fingerprint density at radius 3 is 3.00 bits per heavy atom. The molecule has 0 spiro atoms. The van der Waals surface area contributed by atoms with Crippen molar-refractivity contribution in [3.05, 3.63) is 70.1 Å². The van der Waals surface area contributed by atoms with Crippen LogP contribution in [0.25, 0.3) is 0 Å². The average Bonchev–Trinajstić information content (AvgIpc) is 3.00. The van der Waals surface area contributed by atoms with Gasteiger partial charge in [0, 0.05) is 5.57 Å². The highest BCUT2D eigenvalue weighted by molar-refractivity contribution is 6.01. The molecule has 0 unspecified atom stereocenters. The molecule has 104 valence electrons. The average molecular weight is 278 g/mol.